The van der Waals surface area contributed by atoms with Crippen molar-refractivity contribution >= 4 is 5.97 Å². The Labute approximate surface area is 118 Å². The number of rotatable bonds is 8. The number of hydrogen-bond acceptors (Lipinski definition) is 4. The van der Waals surface area contributed by atoms with Crippen molar-refractivity contribution in [3.8, 4) is 0 Å². The third-order valence-electron chi connectivity index (χ3n) is 3.09. The number of ether oxygens (including phenoxy) is 1. The van der Waals surface area contributed by atoms with E-state index in [1.54, 1.807) is 0 Å². The van der Waals surface area contributed by atoms with Gasteiger partial charge >= 0.3 is 5.97 Å². The first-order chi connectivity index (χ1) is 8.62. The first-order valence-electron chi connectivity index (χ1n) is 7.22. The van der Waals surface area contributed by atoms with Gasteiger partial charge in [-0.05, 0) is 40.5 Å². The summed E-state index contributed by atoms with van der Waals surface area (Å²) in [6.07, 6.45) is 0. The van der Waals surface area contributed by atoms with Crippen LogP contribution in [0.4, 0.5) is 0 Å². The molecule has 1 N–H and O–H groups in total. The van der Waals surface area contributed by atoms with Gasteiger partial charge in [-0.3, -0.25) is 15.0 Å². The van der Waals surface area contributed by atoms with Gasteiger partial charge in [-0.25, -0.2) is 0 Å². The minimum absolute atomic E-state index is 0.199. The second kappa shape index (κ2) is 7.85. The summed E-state index contributed by atoms with van der Waals surface area (Å²) in [6, 6.07) is 0.637. The number of methoxy groups -OCH3 is 1. The molecule has 0 rings (SSSR count). The van der Waals surface area contributed by atoms with E-state index in [0.29, 0.717) is 18.5 Å². The zero-order valence-corrected chi connectivity index (χ0v) is 13.9. The minimum atomic E-state index is -0.665. The summed E-state index contributed by atoms with van der Waals surface area (Å²) in [4.78, 5) is 14.4. The molecule has 0 radical (unpaired) electrons. The molecule has 0 aliphatic carbocycles. The molecule has 0 bridgehead atoms. The van der Waals surface area contributed by atoms with E-state index in [1.807, 2.05) is 20.8 Å². The van der Waals surface area contributed by atoms with Gasteiger partial charge in [0.15, 0.2) is 0 Å². The van der Waals surface area contributed by atoms with Crippen molar-refractivity contribution in [2.24, 2.45) is 5.92 Å². The quantitative estimate of drug-likeness (QED) is 0.688. The average Bonchev–Trinajstić information content (AvgIpc) is 2.25. The standard InChI is InChI=1S/C15H32N2O2/c1-11(2)9-17(13(5)6)10-15(7,14(18)19-8)16-12(3)4/h11-13,16H,9-10H2,1-8H3. The smallest absolute Gasteiger partial charge is 0.327 e. The largest absolute Gasteiger partial charge is 0.468 e. The molecule has 114 valence electrons. The van der Waals surface area contributed by atoms with E-state index in [0.717, 1.165) is 6.54 Å². The SMILES string of the molecule is COC(=O)C(C)(CN(CC(C)C)C(C)C)NC(C)C. The lowest BCUT2D eigenvalue weighted by Crippen LogP contribution is -2.60. The lowest BCUT2D eigenvalue weighted by molar-refractivity contribution is -0.149. The van der Waals surface area contributed by atoms with Crippen molar-refractivity contribution in [2.75, 3.05) is 20.2 Å². The van der Waals surface area contributed by atoms with Gasteiger partial charge in [0.2, 0.25) is 0 Å². The second-order valence-electron chi connectivity index (χ2n) is 6.54. The highest BCUT2D eigenvalue weighted by atomic mass is 16.5. The third kappa shape index (κ3) is 6.39. The molecule has 0 saturated heterocycles. The molecule has 0 aliphatic heterocycles. The molecule has 0 saturated carbocycles. The first kappa shape index (κ1) is 18.4. The van der Waals surface area contributed by atoms with E-state index in [9.17, 15) is 4.79 Å². The van der Waals surface area contributed by atoms with Crippen molar-refractivity contribution in [2.45, 2.75) is 66.1 Å². The summed E-state index contributed by atoms with van der Waals surface area (Å²) in [5, 5.41) is 3.35. The maximum absolute atomic E-state index is 12.1. The van der Waals surface area contributed by atoms with Crippen LogP contribution < -0.4 is 5.32 Å². The van der Waals surface area contributed by atoms with Crippen LogP contribution in [-0.2, 0) is 9.53 Å². The predicted molar refractivity (Wildman–Crippen MR) is 80.2 cm³/mol. The van der Waals surface area contributed by atoms with Crippen LogP contribution in [0.1, 0.15) is 48.5 Å². The van der Waals surface area contributed by atoms with E-state index in [4.69, 9.17) is 4.74 Å². The van der Waals surface area contributed by atoms with Gasteiger partial charge in [-0.2, -0.15) is 0 Å². The minimum Gasteiger partial charge on any atom is -0.468 e. The van der Waals surface area contributed by atoms with Crippen LogP contribution in [0, 0.1) is 5.92 Å². The zero-order valence-electron chi connectivity index (χ0n) is 13.9. The number of carbonyl (C=O) groups excluding carboxylic acids is 1. The maximum Gasteiger partial charge on any atom is 0.327 e. The zero-order chi connectivity index (χ0) is 15.2. The van der Waals surface area contributed by atoms with Crippen LogP contribution >= 0.6 is 0 Å². The summed E-state index contributed by atoms with van der Waals surface area (Å²) in [5.41, 5.74) is -0.665. The molecule has 0 aromatic rings. The van der Waals surface area contributed by atoms with Crippen LogP contribution in [0.25, 0.3) is 0 Å². The van der Waals surface area contributed by atoms with Gasteiger partial charge in [-0.15, -0.1) is 0 Å². The van der Waals surface area contributed by atoms with E-state index in [-0.39, 0.29) is 12.0 Å². The highest BCUT2D eigenvalue weighted by Crippen LogP contribution is 2.14. The average molecular weight is 272 g/mol. The van der Waals surface area contributed by atoms with Crippen molar-refractivity contribution in [1.29, 1.82) is 0 Å². The number of hydrogen-bond donors (Lipinski definition) is 1. The van der Waals surface area contributed by atoms with Crippen molar-refractivity contribution in [1.82, 2.24) is 10.2 Å². The fraction of sp³-hybridized carbons (Fsp3) is 0.933. The Kier molecular flexibility index (Phi) is 7.60. The van der Waals surface area contributed by atoms with Crippen molar-refractivity contribution in [3.05, 3.63) is 0 Å². The summed E-state index contributed by atoms with van der Waals surface area (Å²) >= 11 is 0. The maximum atomic E-state index is 12.1. The van der Waals surface area contributed by atoms with Gasteiger partial charge < -0.3 is 4.74 Å². The van der Waals surface area contributed by atoms with Crippen LogP contribution in [0.2, 0.25) is 0 Å². The van der Waals surface area contributed by atoms with Gasteiger partial charge in [0.25, 0.3) is 0 Å². The number of esters is 1. The lowest BCUT2D eigenvalue weighted by Gasteiger charge is -2.38. The van der Waals surface area contributed by atoms with Gasteiger partial charge in [0, 0.05) is 25.2 Å². The molecular formula is C15H32N2O2. The monoisotopic (exact) mass is 272 g/mol. The molecule has 4 nitrogen and oxygen atoms in total. The van der Waals surface area contributed by atoms with Gasteiger partial charge in [0.1, 0.15) is 5.54 Å². The molecule has 1 atom stereocenters. The molecule has 0 fully saturated rings. The highest BCUT2D eigenvalue weighted by molar-refractivity contribution is 5.80. The first-order valence-corrected chi connectivity index (χ1v) is 7.22. The Morgan fingerprint density at radius 2 is 1.74 bits per heavy atom. The molecule has 0 aromatic heterocycles. The summed E-state index contributed by atoms with van der Waals surface area (Å²) in [7, 11) is 1.45. The number of carbonyl (C=O) groups is 1. The summed E-state index contributed by atoms with van der Waals surface area (Å²) < 4.78 is 4.97. The number of nitrogens with one attached hydrogen (secondary N) is 1. The molecular weight excluding hydrogens is 240 g/mol. The predicted octanol–water partition coefficient (Wildman–Crippen LogP) is 2.28. The second-order valence-corrected chi connectivity index (χ2v) is 6.54. The van der Waals surface area contributed by atoms with E-state index in [2.05, 4.69) is 37.9 Å². The highest BCUT2D eigenvalue weighted by Gasteiger charge is 2.37. The molecule has 0 amide bonds. The Morgan fingerprint density at radius 1 is 1.21 bits per heavy atom. The Bertz CT molecular complexity index is 277. The molecule has 1 unspecified atom stereocenters. The van der Waals surface area contributed by atoms with Crippen LogP contribution in [-0.4, -0.2) is 48.7 Å². The van der Waals surface area contributed by atoms with Crippen molar-refractivity contribution < 1.29 is 9.53 Å². The molecule has 0 aromatic carbocycles. The third-order valence-corrected chi connectivity index (χ3v) is 3.09. The molecule has 0 heterocycles. The topological polar surface area (TPSA) is 41.6 Å². The fourth-order valence-corrected chi connectivity index (χ4v) is 2.36. The van der Waals surface area contributed by atoms with Crippen LogP contribution in [0.15, 0.2) is 0 Å². The van der Waals surface area contributed by atoms with Crippen LogP contribution in [0.3, 0.4) is 0 Å². The Hall–Kier alpha value is -0.610. The Balaban J connectivity index is 4.99. The summed E-state index contributed by atoms with van der Waals surface area (Å²) in [5.74, 6) is 0.374. The molecule has 19 heavy (non-hydrogen) atoms. The fourth-order valence-electron chi connectivity index (χ4n) is 2.36. The van der Waals surface area contributed by atoms with Gasteiger partial charge in [-0.1, -0.05) is 13.8 Å². The van der Waals surface area contributed by atoms with Crippen molar-refractivity contribution in [3.63, 3.8) is 0 Å². The number of nitrogens with zero attached hydrogens (tertiary/aromatic N) is 1. The van der Waals surface area contributed by atoms with E-state index < -0.39 is 5.54 Å². The lowest BCUT2D eigenvalue weighted by atomic mass is 9.98. The molecule has 4 heteroatoms. The van der Waals surface area contributed by atoms with E-state index >= 15 is 0 Å². The van der Waals surface area contributed by atoms with Gasteiger partial charge in [0.05, 0.1) is 7.11 Å². The molecule has 0 aliphatic rings. The van der Waals surface area contributed by atoms with E-state index in [1.165, 1.54) is 7.11 Å². The Morgan fingerprint density at radius 3 is 2.05 bits per heavy atom. The van der Waals surface area contributed by atoms with Crippen LogP contribution in [0.5, 0.6) is 0 Å². The summed E-state index contributed by atoms with van der Waals surface area (Å²) in [6.45, 7) is 16.4. The molecule has 0 spiro atoms. The normalized spacial score (nSPS) is 15.4.